The van der Waals surface area contributed by atoms with Crippen LogP contribution in [-0.4, -0.2) is 4.98 Å². The standard InChI is InChI=1S/C20H15NOS/c1-14-19(15-7-3-2-4-8-15)21-20(23-14)17-10-5-9-16(13-17)18-11-6-12-22-18/h2-13H,1H3. The highest BCUT2D eigenvalue weighted by Crippen LogP contribution is 2.34. The van der Waals surface area contributed by atoms with Crippen LogP contribution in [0.5, 0.6) is 0 Å². The smallest absolute Gasteiger partial charge is 0.133 e. The zero-order valence-corrected chi connectivity index (χ0v) is 13.5. The minimum Gasteiger partial charge on any atom is -0.464 e. The lowest BCUT2D eigenvalue weighted by atomic mass is 10.1. The summed E-state index contributed by atoms with van der Waals surface area (Å²) in [5.74, 6) is 0.878. The van der Waals surface area contributed by atoms with E-state index in [0.29, 0.717) is 0 Å². The van der Waals surface area contributed by atoms with Gasteiger partial charge in [0.05, 0.1) is 12.0 Å². The van der Waals surface area contributed by atoms with Gasteiger partial charge in [0.25, 0.3) is 0 Å². The Balaban J connectivity index is 1.76. The highest BCUT2D eigenvalue weighted by Gasteiger charge is 2.12. The summed E-state index contributed by atoms with van der Waals surface area (Å²) in [6, 6.07) is 22.5. The molecule has 2 aromatic heterocycles. The van der Waals surface area contributed by atoms with E-state index in [0.717, 1.165) is 33.2 Å². The van der Waals surface area contributed by atoms with Crippen molar-refractivity contribution in [2.45, 2.75) is 6.92 Å². The van der Waals surface area contributed by atoms with Gasteiger partial charge in [-0.05, 0) is 25.1 Å². The topological polar surface area (TPSA) is 26.0 Å². The Morgan fingerprint density at radius 2 is 1.61 bits per heavy atom. The molecule has 0 bridgehead atoms. The van der Waals surface area contributed by atoms with Crippen LogP contribution in [0.2, 0.25) is 0 Å². The van der Waals surface area contributed by atoms with Crippen molar-refractivity contribution in [3.8, 4) is 33.2 Å². The maximum absolute atomic E-state index is 5.49. The van der Waals surface area contributed by atoms with Crippen LogP contribution < -0.4 is 0 Å². The van der Waals surface area contributed by atoms with Crippen molar-refractivity contribution in [3.63, 3.8) is 0 Å². The molecule has 4 rings (SSSR count). The maximum atomic E-state index is 5.49. The van der Waals surface area contributed by atoms with E-state index in [2.05, 4.69) is 37.3 Å². The summed E-state index contributed by atoms with van der Waals surface area (Å²) in [5, 5.41) is 1.04. The molecule has 0 unspecified atom stereocenters. The third-order valence-corrected chi connectivity index (χ3v) is 4.78. The fraction of sp³-hybridized carbons (Fsp3) is 0.0500. The largest absolute Gasteiger partial charge is 0.464 e. The number of aryl methyl sites for hydroxylation is 1. The fourth-order valence-electron chi connectivity index (χ4n) is 2.63. The average Bonchev–Trinajstić information content (AvgIpc) is 3.25. The molecular formula is C20H15NOS. The zero-order chi connectivity index (χ0) is 15.6. The number of hydrogen-bond acceptors (Lipinski definition) is 3. The molecule has 3 heteroatoms. The maximum Gasteiger partial charge on any atom is 0.133 e. The summed E-state index contributed by atoms with van der Waals surface area (Å²) >= 11 is 1.73. The van der Waals surface area contributed by atoms with Gasteiger partial charge in [-0.1, -0.05) is 48.5 Å². The monoisotopic (exact) mass is 317 g/mol. The van der Waals surface area contributed by atoms with Crippen LogP contribution in [0.15, 0.2) is 77.4 Å². The average molecular weight is 317 g/mol. The van der Waals surface area contributed by atoms with Crippen molar-refractivity contribution in [2.24, 2.45) is 0 Å². The molecule has 0 aliphatic heterocycles. The van der Waals surface area contributed by atoms with Crippen molar-refractivity contribution in [1.82, 2.24) is 4.98 Å². The molecule has 0 spiro atoms. The number of aromatic nitrogens is 1. The molecule has 2 nitrogen and oxygen atoms in total. The molecule has 0 aliphatic carbocycles. The second kappa shape index (κ2) is 5.86. The fourth-order valence-corrected chi connectivity index (χ4v) is 3.56. The SMILES string of the molecule is Cc1sc(-c2cccc(-c3ccco3)c2)nc1-c1ccccc1. The predicted octanol–water partition coefficient (Wildman–Crippen LogP) is 6.05. The van der Waals surface area contributed by atoms with Gasteiger partial charge in [-0.2, -0.15) is 0 Å². The number of nitrogens with zero attached hydrogens (tertiary/aromatic N) is 1. The third-order valence-electron chi connectivity index (χ3n) is 3.76. The van der Waals surface area contributed by atoms with E-state index in [1.807, 2.05) is 36.4 Å². The third kappa shape index (κ3) is 2.71. The van der Waals surface area contributed by atoms with Crippen LogP contribution in [0, 0.1) is 6.92 Å². The van der Waals surface area contributed by atoms with Gasteiger partial charge >= 0.3 is 0 Å². The van der Waals surface area contributed by atoms with E-state index in [1.54, 1.807) is 17.6 Å². The molecular weight excluding hydrogens is 302 g/mol. The van der Waals surface area contributed by atoms with Crippen LogP contribution >= 0.6 is 11.3 Å². The number of furan rings is 1. The Hall–Kier alpha value is -2.65. The second-order valence-electron chi connectivity index (χ2n) is 5.35. The Labute approximate surface area is 139 Å². The van der Waals surface area contributed by atoms with E-state index in [-0.39, 0.29) is 0 Å². The predicted molar refractivity (Wildman–Crippen MR) is 95.4 cm³/mol. The minimum atomic E-state index is 0.878. The molecule has 0 saturated heterocycles. The van der Waals surface area contributed by atoms with Gasteiger partial charge in [0.1, 0.15) is 10.8 Å². The lowest BCUT2D eigenvalue weighted by Gasteiger charge is -2.00. The Bertz CT molecular complexity index is 923. The summed E-state index contributed by atoms with van der Waals surface area (Å²) in [6.07, 6.45) is 1.70. The molecule has 2 heterocycles. The molecule has 112 valence electrons. The Kier molecular flexibility index (Phi) is 3.56. The number of thiazole rings is 1. The summed E-state index contributed by atoms with van der Waals surface area (Å²) < 4.78 is 5.49. The normalized spacial score (nSPS) is 10.8. The van der Waals surface area contributed by atoms with Crippen molar-refractivity contribution in [3.05, 3.63) is 77.9 Å². The first-order valence-corrected chi connectivity index (χ1v) is 8.30. The van der Waals surface area contributed by atoms with Gasteiger partial charge in [-0.3, -0.25) is 0 Å². The number of rotatable bonds is 3. The number of benzene rings is 2. The molecule has 23 heavy (non-hydrogen) atoms. The molecule has 0 atom stereocenters. The van der Waals surface area contributed by atoms with Gasteiger partial charge < -0.3 is 4.42 Å². The van der Waals surface area contributed by atoms with Gasteiger partial charge in [-0.25, -0.2) is 4.98 Å². The van der Waals surface area contributed by atoms with Crippen molar-refractivity contribution < 1.29 is 4.42 Å². The second-order valence-corrected chi connectivity index (χ2v) is 6.55. The van der Waals surface area contributed by atoms with Crippen LogP contribution in [-0.2, 0) is 0 Å². The summed E-state index contributed by atoms with van der Waals surface area (Å²) in [7, 11) is 0. The first-order valence-electron chi connectivity index (χ1n) is 7.48. The lowest BCUT2D eigenvalue weighted by molar-refractivity contribution is 0.582. The lowest BCUT2D eigenvalue weighted by Crippen LogP contribution is -1.81. The van der Waals surface area contributed by atoms with Crippen molar-refractivity contribution >= 4 is 11.3 Å². The van der Waals surface area contributed by atoms with Gasteiger partial charge in [0.2, 0.25) is 0 Å². The summed E-state index contributed by atoms with van der Waals surface area (Å²) in [4.78, 5) is 6.09. The van der Waals surface area contributed by atoms with E-state index < -0.39 is 0 Å². The zero-order valence-electron chi connectivity index (χ0n) is 12.7. The van der Waals surface area contributed by atoms with E-state index >= 15 is 0 Å². The highest BCUT2D eigenvalue weighted by atomic mass is 32.1. The molecule has 0 N–H and O–H groups in total. The molecule has 0 fully saturated rings. The van der Waals surface area contributed by atoms with Gasteiger partial charge in [0.15, 0.2) is 0 Å². The molecule has 4 aromatic rings. The quantitative estimate of drug-likeness (QED) is 0.460. The van der Waals surface area contributed by atoms with E-state index in [9.17, 15) is 0 Å². The minimum absolute atomic E-state index is 0.878. The summed E-state index contributed by atoms with van der Waals surface area (Å²) in [6.45, 7) is 2.12. The Morgan fingerprint density at radius 3 is 2.39 bits per heavy atom. The Morgan fingerprint density at radius 1 is 0.826 bits per heavy atom. The molecule has 0 aliphatic rings. The molecule has 2 aromatic carbocycles. The summed E-state index contributed by atoms with van der Waals surface area (Å²) in [5.41, 5.74) is 4.42. The van der Waals surface area contributed by atoms with Crippen molar-refractivity contribution in [2.75, 3.05) is 0 Å². The first-order chi connectivity index (χ1) is 11.3. The van der Waals surface area contributed by atoms with Crippen LogP contribution in [0.4, 0.5) is 0 Å². The molecule has 0 saturated carbocycles. The first kappa shape index (κ1) is 14.0. The highest BCUT2D eigenvalue weighted by molar-refractivity contribution is 7.15. The van der Waals surface area contributed by atoms with Crippen LogP contribution in [0.1, 0.15) is 4.88 Å². The van der Waals surface area contributed by atoms with E-state index in [4.69, 9.17) is 9.40 Å². The molecule has 0 amide bonds. The van der Waals surface area contributed by atoms with Gasteiger partial charge in [-0.15, -0.1) is 11.3 Å². The van der Waals surface area contributed by atoms with Crippen LogP contribution in [0.25, 0.3) is 33.2 Å². The van der Waals surface area contributed by atoms with Crippen molar-refractivity contribution in [1.29, 1.82) is 0 Å². The van der Waals surface area contributed by atoms with E-state index in [1.165, 1.54) is 4.88 Å². The van der Waals surface area contributed by atoms with Crippen LogP contribution in [0.3, 0.4) is 0 Å². The van der Waals surface area contributed by atoms with Gasteiger partial charge in [0, 0.05) is 21.6 Å². The number of hydrogen-bond donors (Lipinski definition) is 0. The molecule has 0 radical (unpaired) electrons.